The summed E-state index contributed by atoms with van der Waals surface area (Å²) in [5.41, 5.74) is 0. The van der Waals surface area contributed by atoms with E-state index in [2.05, 4.69) is 0 Å². The minimum Gasteiger partial charge on any atom is -0.245 e. The second-order valence-electron chi connectivity index (χ2n) is 3.04. The van der Waals surface area contributed by atoms with Gasteiger partial charge in [-0.05, 0) is 26.7 Å². The van der Waals surface area contributed by atoms with Crippen molar-refractivity contribution >= 4 is 10.4 Å². The maximum absolute atomic E-state index is 11.1. The lowest BCUT2D eigenvalue weighted by Crippen LogP contribution is -2.21. The summed E-state index contributed by atoms with van der Waals surface area (Å²) >= 11 is 0. The summed E-state index contributed by atoms with van der Waals surface area (Å²) in [7, 11) is -3.80. The largest absolute Gasteiger partial charge is 0.400 e. The SMILES string of the molecule is CC[C@@H](C)OS(=O)(=O)O[C@@H](C)CC. The highest BCUT2D eigenvalue weighted by Crippen LogP contribution is 2.09. The molecule has 0 spiro atoms. The van der Waals surface area contributed by atoms with Crippen LogP contribution >= 0.6 is 0 Å². The molecule has 0 aliphatic heterocycles. The molecule has 0 unspecified atom stereocenters. The predicted molar refractivity (Wildman–Crippen MR) is 50.6 cm³/mol. The zero-order valence-electron chi connectivity index (χ0n) is 8.61. The predicted octanol–water partition coefficient (Wildman–Crippen LogP) is 1.86. The normalized spacial score (nSPS) is 16.9. The molecule has 0 saturated heterocycles. The van der Waals surface area contributed by atoms with Gasteiger partial charge in [0.15, 0.2) is 0 Å². The summed E-state index contributed by atoms with van der Waals surface area (Å²) < 4.78 is 31.7. The minimum atomic E-state index is -3.80. The topological polar surface area (TPSA) is 52.6 Å². The van der Waals surface area contributed by atoms with Crippen LogP contribution in [0, 0.1) is 0 Å². The van der Waals surface area contributed by atoms with E-state index in [0.717, 1.165) is 0 Å². The fraction of sp³-hybridized carbons (Fsp3) is 1.00. The van der Waals surface area contributed by atoms with Gasteiger partial charge in [0, 0.05) is 0 Å². The van der Waals surface area contributed by atoms with Crippen molar-refractivity contribution in [3.05, 3.63) is 0 Å². The molecule has 0 amide bonds. The molecule has 0 aromatic carbocycles. The van der Waals surface area contributed by atoms with Crippen LogP contribution in [-0.2, 0) is 18.8 Å². The van der Waals surface area contributed by atoms with Crippen LogP contribution in [0.25, 0.3) is 0 Å². The van der Waals surface area contributed by atoms with Crippen molar-refractivity contribution in [3.63, 3.8) is 0 Å². The molecule has 2 atom stereocenters. The average Bonchev–Trinajstić information content (AvgIpc) is 2.02. The van der Waals surface area contributed by atoms with Crippen LogP contribution < -0.4 is 0 Å². The average molecular weight is 210 g/mol. The van der Waals surface area contributed by atoms with E-state index in [9.17, 15) is 8.42 Å². The molecule has 0 bridgehead atoms. The summed E-state index contributed by atoms with van der Waals surface area (Å²) in [6.45, 7) is 7.09. The third-order valence-electron chi connectivity index (χ3n) is 1.71. The molecular weight excluding hydrogens is 192 g/mol. The molecule has 0 aliphatic carbocycles. The highest BCUT2D eigenvalue weighted by molar-refractivity contribution is 7.81. The molecule has 0 fully saturated rings. The zero-order valence-corrected chi connectivity index (χ0v) is 9.43. The summed E-state index contributed by atoms with van der Waals surface area (Å²) in [5, 5.41) is 0. The second kappa shape index (κ2) is 5.57. The Balaban J connectivity index is 4.09. The van der Waals surface area contributed by atoms with Crippen LogP contribution in [-0.4, -0.2) is 20.6 Å². The van der Waals surface area contributed by atoms with E-state index >= 15 is 0 Å². The van der Waals surface area contributed by atoms with E-state index in [1.165, 1.54) is 0 Å². The smallest absolute Gasteiger partial charge is 0.245 e. The van der Waals surface area contributed by atoms with Crippen molar-refractivity contribution in [1.29, 1.82) is 0 Å². The molecule has 0 heterocycles. The van der Waals surface area contributed by atoms with Crippen molar-refractivity contribution < 1.29 is 16.8 Å². The first-order valence-electron chi connectivity index (χ1n) is 4.52. The van der Waals surface area contributed by atoms with Gasteiger partial charge in [0.2, 0.25) is 0 Å². The quantitative estimate of drug-likeness (QED) is 0.671. The lowest BCUT2D eigenvalue weighted by atomic mass is 10.3. The van der Waals surface area contributed by atoms with Crippen molar-refractivity contribution in [2.75, 3.05) is 0 Å². The van der Waals surface area contributed by atoms with Gasteiger partial charge in [0.1, 0.15) is 0 Å². The van der Waals surface area contributed by atoms with Gasteiger partial charge in [0.25, 0.3) is 0 Å². The molecule has 0 aromatic rings. The maximum Gasteiger partial charge on any atom is 0.400 e. The van der Waals surface area contributed by atoms with Gasteiger partial charge >= 0.3 is 10.4 Å². The molecule has 0 N–H and O–H groups in total. The molecule has 0 saturated carbocycles. The minimum absolute atomic E-state index is 0.325. The van der Waals surface area contributed by atoms with Crippen molar-refractivity contribution in [2.45, 2.75) is 52.7 Å². The Bertz CT molecular complexity index is 204. The fourth-order valence-electron chi connectivity index (χ4n) is 0.561. The van der Waals surface area contributed by atoms with E-state index < -0.39 is 10.4 Å². The summed E-state index contributed by atoms with van der Waals surface area (Å²) in [6, 6.07) is 0. The lowest BCUT2D eigenvalue weighted by molar-refractivity contribution is 0.134. The molecule has 0 rings (SSSR count). The van der Waals surface area contributed by atoms with Gasteiger partial charge < -0.3 is 0 Å². The van der Waals surface area contributed by atoms with Gasteiger partial charge in [-0.1, -0.05) is 13.8 Å². The van der Waals surface area contributed by atoms with E-state index in [1.807, 2.05) is 13.8 Å². The third-order valence-corrected chi connectivity index (χ3v) is 2.84. The highest BCUT2D eigenvalue weighted by Gasteiger charge is 2.18. The van der Waals surface area contributed by atoms with E-state index in [1.54, 1.807) is 13.8 Å². The third kappa shape index (κ3) is 6.01. The summed E-state index contributed by atoms with van der Waals surface area (Å²) in [5.74, 6) is 0. The monoisotopic (exact) mass is 210 g/mol. The Morgan fingerprint density at radius 3 is 1.54 bits per heavy atom. The molecule has 80 valence electrons. The molecule has 5 heteroatoms. The number of rotatable bonds is 6. The van der Waals surface area contributed by atoms with Crippen LogP contribution in [0.1, 0.15) is 40.5 Å². The standard InChI is InChI=1S/C8H18O4S/c1-5-7(3)11-13(9,10)12-8(4)6-2/h7-8H,5-6H2,1-4H3/t7-,8+. The molecule has 4 nitrogen and oxygen atoms in total. The number of hydrogen-bond acceptors (Lipinski definition) is 4. The Labute approximate surface area is 80.6 Å². The van der Waals surface area contributed by atoms with Gasteiger partial charge in [-0.25, -0.2) is 8.37 Å². The van der Waals surface area contributed by atoms with Crippen LogP contribution in [0.4, 0.5) is 0 Å². The van der Waals surface area contributed by atoms with Gasteiger partial charge in [-0.2, -0.15) is 8.42 Å². The van der Waals surface area contributed by atoms with E-state index in [-0.39, 0.29) is 12.2 Å². The molecule has 0 aliphatic rings. The molecule has 0 aromatic heterocycles. The summed E-state index contributed by atoms with van der Waals surface area (Å²) in [4.78, 5) is 0. The van der Waals surface area contributed by atoms with Crippen LogP contribution in [0.3, 0.4) is 0 Å². The summed E-state index contributed by atoms with van der Waals surface area (Å²) in [6.07, 6.45) is 0.634. The molecule has 13 heavy (non-hydrogen) atoms. The van der Waals surface area contributed by atoms with Gasteiger partial charge in [-0.15, -0.1) is 0 Å². The van der Waals surface area contributed by atoms with Crippen molar-refractivity contribution in [3.8, 4) is 0 Å². The van der Waals surface area contributed by atoms with Gasteiger partial charge in [0.05, 0.1) is 12.2 Å². The van der Waals surface area contributed by atoms with Crippen LogP contribution in [0.5, 0.6) is 0 Å². The Hall–Kier alpha value is -0.130. The first kappa shape index (κ1) is 12.9. The van der Waals surface area contributed by atoms with Crippen molar-refractivity contribution in [1.82, 2.24) is 0 Å². The Morgan fingerprint density at radius 1 is 1.00 bits per heavy atom. The van der Waals surface area contributed by atoms with E-state index in [0.29, 0.717) is 12.8 Å². The number of hydrogen-bond donors (Lipinski definition) is 0. The van der Waals surface area contributed by atoms with Crippen LogP contribution in [0.15, 0.2) is 0 Å². The van der Waals surface area contributed by atoms with Gasteiger partial charge in [-0.3, -0.25) is 0 Å². The Kier molecular flexibility index (Phi) is 5.51. The zero-order chi connectivity index (χ0) is 10.5. The fourth-order valence-corrected chi connectivity index (χ4v) is 1.68. The molecular formula is C8H18O4S. The Morgan fingerprint density at radius 2 is 1.31 bits per heavy atom. The first-order chi connectivity index (χ1) is 5.91. The van der Waals surface area contributed by atoms with E-state index in [4.69, 9.17) is 8.37 Å². The molecule has 0 radical (unpaired) electrons. The maximum atomic E-state index is 11.1. The first-order valence-corrected chi connectivity index (χ1v) is 5.86. The second-order valence-corrected chi connectivity index (χ2v) is 4.24. The van der Waals surface area contributed by atoms with Crippen molar-refractivity contribution in [2.24, 2.45) is 0 Å². The highest BCUT2D eigenvalue weighted by atomic mass is 32.3. The van der Waals surface area contributed by atoms with Crippen LogP contribution in [0.2, 0.25) is 0 Å². The lowest BCUT2D eigenvalue weighted by Gasteiger charge is -2.13.